The van der Waals surface area contributed by atoms with Crippen molar-refractivity contribution in [2.24, 2.45) is 5.41 Å². The van der Waals surface area contributed by atoms with Gasteiger partial charge in [0, 0.05) is 18.3 Å². The van der Waals surface area contributed by atoms with Crippen LogP contribution in [0.25, 0.3) is 0 Å². The Kier molecular flexibility index (Phi) is 2.50. The van der Waals surface area contributed by atoms with Crippen LogP contribution in [0.3, 0.4) is 0 Å². The van der Waals surface area contributed by atoms with Crippen LogP contribution in [0.4, 0.5) is 11.5 Å². The van der Waals surface area contributed by atoms with E-state index in [2.05, 4.69) is 24.1 Å². The third-order valence-electron chi connectivity index (χ3n) is 2.86. The summed E-state index contributed by atoms with van der Waals surface area (Å²) < 4.78 is 0. The minimum atomic E-state index is -0.476. The van der Waals surface area contributed by atoms with Gasteiger partial charge in [-0.05, 0) is 11.8 Å². The number of hydrogen-bond acceptors (Lipinski definition) is 4. The molecule has 1 aliphatic rings. The van der Waals surface area contributed by atoms with E-state index in [1.807, 2.05) is 0 Å². The van der Waals surface area contributed by atoms with Crippen molar-refractivity contribution in [1.29, 1.82) is 0 Å². The molecular weight excluding hydrogens is 230 g/mol. The first-order valence-electron chi connectivity index (χ1n) is 4.96. The maximum absolute atomic E-state index is 10.8. The summed E-state index contributed by atoms with van der Waals surface area (Å²) in [6.07, 6.45) is 2.40. The summed E-state index contributed by atoms with van der Waals surface area (Å²) in [6, 6.07) is 1.56. The van der Waals surface area contributed by atoms with E-state index < -0.39 is 4.92 Å². The number of rotatable bonds is 3. The standard InChI is InChI=1S/C10H12ClN3O2/c1-10(2)4-8(10)13-9-7(14(15)16)3-6(11)5-12-9/h3,5,8H,4H2,1-2H3,(H,12,13). The Hall–Kier alpha value is -1.36. The quantitative estimate of drug-likeness (QED) is 0.653. The maximum Gasteiger partial charge on any atom is 0.312 e. The van der Waals surface area contributed by atoms with Crippen LogP contribution in [0, 0.1) is 15.5 Å². The summed E-state index contributed by atoms with van der Waals surface area (Å²) in [5.74, 6) is 0.296. The normalized spacial score (nSPS) is 21.6. The van der Waals surface area contributed by atoms with Gasteiger partial charge in [-0.1, -0.05) is 25.4 Å². The number of hydrogen-bond donors (Lipinski definition) is 1. The maximum atomic E-state index is 10.8. The molecule has 1 atom stereocenters. The number of halogens is 1. The van der Waals surface area contributed by atoms with Crippen LogP contribution in [-0.2, 0) is 0 Å². The van der Waals surface area contributed by atoms with E-state index in [4.69, 9.17) is 11.6 Å². The second kappa shape index (κ2) is 3.59. The first-order valence-corrected chi connectivity index (χ1v) is 5.34. The van der Waals surface area contributed by atoms with Crippen LogP contribution in [0.2, 0.25) is 5.02 Å². The molecule has 1 N–H and O–H groups in total. The second-order valence-electron chi connectivity index (χ2n) is 4.67. The van der Waals surface area contributed by atoms with Gasteiger partial charge >= 0.3 is 5.69 Å². The molecule has 0 bridgehead atoms. The topological polar surface area (TPSA) is 68.1 Å². The molecule has 0 aromatic carbocycles. The first kappa shape index (κ1) is 11.1. The summed E-state index contributed by atoms with van der Waals surface area (Å²) in [7, 11) is 0. The van der Waals surface area contributed by atoms with E-state index in [0.29, 0.717) is 5.82 Å². The van der Waals surface area contributed by atoms with Crippen LogP contribution in [-0.4, -0.2) is 15.9 Å². The highest BCUT2D eigenvalue weighted by molar-refractivity contribution is 6.30. The number of nitrogens with one attached hydrogen (secondary N) is 1. The molecular formula is C10H12ClN3O2. The number of aromatic nitrogens is 1. The molecule has 1 aromatic rings. The van der Waals surface area contributed by atoms with Crippen LogP contribution in [0.1, 0.15) is 20.3 Å². The molecule has 0 spiro atoms. The van der Waals surface area contributed by atoms with Gasteiger partial charge in [0.05, 0.1) is 9.95 Å². The molecule has 1 aliphatic carbocycles. The number of pyridine rings is 1. The molecule has 5 nitrogen and oxygen atoms in total. The Labute approximate surface area is 98.0 Å². The van der Waals surface area contributed by atoms with E-state index in [1.165, 1.54) is 12.3 Å². The Morgan fingerprint density at radius 3 is 2.81 bits per heavy atom. The number of nitro groups is 1. The van der Waals surface area contributed by atoms with Crippen molar-refractivity contribution < 1.29 is 4.92 Å². The van der Waals surface area contributed by atoms with E-state index in [1.54, 1.807) is 0 Å². The van der Waals surface area contributed by atoms with Gasteiger partial charge < -0.3 is 5.32 Å². The molecule has 1 fully saturated rings. The molecule has 1 heterocycles. The zero-order chi connectivity index (χ0) is 11.9. The van der Waals surface area contributed by atoms with E-state index >= 15 is 0 Å². The zero-order valence-electron chi connectivity index (χ0n) is 9.03. The van der Waals surface area contributed by atoms with Gasteiger partial charge in [-0.15, -0.1) is 0 Å². The lowest BCUT2D eigenvalue weighted by Gasteiger charge is -2.07. The van der Waals surface area contributed by atoms with Crippen molar-refractivity contribution in [2.75, 3.05) is 5.32 Å². The Morgan fingerprint density at radius 1 is 1.69 bits per heavy atom. The Bertz CT molecular complexity index is 448. The first-order chi connectivity index (χ1) is 7.40. The summed E-state index contributed by atoms with van der Waals surface area (Å²) in [4.78, 5) is 14.3. The monoisotopic (exact) mass is 241 g/mol. The van der Waals surface area contributed by atoms with Gasteiger partial charge in [0.25, 0.3) is 0 Å². The van der Waals surface area contributed by atoms with Crippen molar-refractivity contribution >= 4 is 23.1 Å². The van der Waals surface area contributed by atoms with Gasteiger partial charge in [0.1, 0.15) is 0 Å². The molecule has 2 rings (SSSR count). The van der Waals surface area contributed by atoms with Gasteiger partial charge in [-0.2, -0.15) is 0 Å². The predicted molar refractivity (Wildman–Crippen MR) is 61.7 cm³/mol. The number of anilines is 1. The summed E-state index contributed by atoms with van der Waals surface area (Å²) >= 11 is 5.67. The molecule has 0 amide bonds. The predicted octanol–water partition coefficient (Wildman–Crippen LogP) is 2.85. The van der Waals surface area contributed by atoms with Gasteiger partial charge in [-0.25, -0.2) is 4.98 Å². The molecule has 1 saturated carbocycles. The highest BCUT2D eigenvalue weighted by atomic mass is 35.5. The molecule has 0 saturated heterocycles. The molecule has 6 heteroatoms. The lowest BCUT2D eigenvalue weighted by atomic mass is 10.2. The van der Waals surface area contributed by atoms with Crippen LogP contribution >= 0.6 is 11.6 Å². The Morgan fingerprint density at radius 2 is 2.31 bits per heavy atom. The fourth-order valence-corrected chi connectivity index (χ4v) is 1.71. The SMILES string of the molecule is CC1(C)CC1Nc1ncc(Cl)cc1[N+](=O)[O-]. The highest BCUT2D eigenvalue weighted by Gasteiger charge is 2.46. The van der Waals surface area contributed by atoms with Crippen molar-refractivity contribution in [3.05, 3.63) is 27.4 Å². The summed E-state index contributed by atoms with van der Waals surface area (Å²) in [6.45, 7) is 4.21. The minimum Gasteiger partial charge on any atom is -0.361 e. The van der Waals surface area contributed by atoms with Crippen molar-refractivity contribution in [1.82, 2.24) is 4.98 Å². The van der Waals surface area contributed by atoms with Gasteiger partial charge in [-0.3, -0.25) is 10.1 Å². The van der Waals surface area contributed by atoms with Gasteiger partial charge in [0.2, 0.25) is 5.82 Å². The highest BCUT2D eigenvalue weighted by Crippen LogP contribution is 2.47. The van der Waals surface area contributed by atoms with Crippen molar-refractivity contribution in [3.63, 3.8) is 0 Å². The van der Waals surface area contributed by atoms with Crippen molar-refractivity contribution in [3.8, 4) is 0 Å². The summed E-state index contributed by atoms with van der Waals surface area (Å²) in [5, 5.41) is 14.1. The lowest BCUT2D eigenvalue weighted by molar-refractivity contribution is -0.384. The molecule has 86 valence electrons. The average molecular weight is 242 g/mol. The molecule has 0 aliphatic heterocycles. The van der Waals surface area contributed by atoms with Gasteiger partial charge in [0.15, 0.2) is 0 Å². The van der Waals surface area contributed by atoms with Crippen LogP contribution < -0.4 is 5.32 Å². The largest absolute Gasteiger partial charge is 0.361 e. The minimum absolute atomic E-state index is 0.0739. The Balaban J connectivity index is 2.24. The summed E-state index contributed by atoms with van der Waals surface area (Å²) in [5.41, 5.74) is 0.116. The van der Waals surface area contributed by atoms with Crippen LogP contribution in [0.5, 0.6) is 0 Å². The number of nitrogens with zero attached hydrogens (tertiary/aromatic N) is 2. The smallest absolute Gasteiger partial charge is 0.312 e. The average Bonchev–Trinajstić information content (AvgIpc) is 2.76. The fourth-order valence-electron chi connectivity index (χ4n) is 1.56. The molecule has 0 radical (unpaired) electrons. The third-order valence-corrected chi connectivity index (χ3v) is 3.06. The lowest BCUT2D eigenvalue weighted by Crippen LogP contribution is -2.11. The van der Waals surface area contributed by atoms with Crippen LogP contribution in [0.15, 0.2) is 12.3 Å². The van der Waals surface area contributed by atoms with Crippen molar-refractivity contribution in [2.45, 2.75) is 26.3 Å². The molecule has 1 unspecified atom stereocenters. The zero-order valence-corrected chi connectivity index (χ0v) is 9.78. The van der Waals surface area contributed by atoms with E-state index in [-0.39, 0.29) is 22.2 Å². The molecule has 1 aromatic heterocycles. The fraction of sp³-hybridized carbons (Fsp3) is 0.500. The third kappa shape index (κ3) is 2.09. The second-order valence-corrected chi connectivity index (χ2v) is 5.10. The van der Waals surface area contributed by atoms with E-state index in [0.717, 1.165) is 6.42 Å². The molecule has 16 heavy (non-hydrogen) atoms. The van der Waals surface area contributed by atoms with E-state index in [9.17, 15) is 10.1 Å².